The molecular weight excluding hydrogens is 542 g/mol. The number of rotatable bonds is 10. The van der Waals surface area contributed by atoms with Crippen molar-refractivity contribution in [3.63, 3.8) is 0 Å². The molecule has 6 atom stereocenters. The van der Waals surface area contributed by atoms with Crippen molar-refractivity contribution in [3.05, 3.63) is 60.7 Å². The molecule has 4 rings (SSSR count). The highest BCUT2D eigenvalue weighted by molar-refractivity contribution is 5.23. The Morgan fingerprint density at radius 3 is 1.27 bits per heavy atom. The normalized spacial score (nSPS) is 25.1. The summed E-state index contributed by atoms with van der Waals surface area (Å²) in [6, 6.07) is 15.3. The maximum Gasteiger partial charge on any atom is 0.416 e. The highest BCUT2D eigenvalue weighted by Crippen LogP contribution is 2.35. The molecule has 0 radical (unpaired) electrons. The second-order valence-electron chi connectivity index (χ2n) is 9.88. The van der Waals surface area contributed by atoms with Crippen LogP contribution in [0.25, 0.3) is 0 Å². The zero-order chi connectivity index (χ0) is 29.5. The highest BCUT2D eigenvalue weighted by Gasteiger charge is 2.55. The lowest BCUT2D eigenvalue weighted by Crippen LogP contribution is -2.69. The standard InChI is InChI=1S/2C14H18F3NO2/c2*1-2-8-18-9-11(12(18)13(19)14(15,16)17)20-10-6-4-3-5-7-10/h2*3-7,11-13,19H,2,8-9H2,1H3/t2*11-,12+,13-/m00/s1. The maximum absolute atomic E-state index is 12.7. The smallest absolute Gasteiger partial charge is 0.416 e. The second-order valence-corrected chi connectivity index (χ2v) is 9.88. The van der Waals surface area contributed by atoms with Gasteiger partial charge in [0.15, 0.2) is 12.2 Å². The minimum Gasteiger partial charge on any atom is -0.487 e. The highest BCUT2D eigenvalue weighted by atomic mass is 19.4. The summed E-state index contributed by atoms with van der Waals surface area (Å²) in [5, 5.41) is 19.0. The Labute approximate surface area is 230 Å². The van der Waals surface area contributed by atoms with Crippen molar-refractivity contribution in [1.82, 2.24) is 9.80 Å². The third-order valence-electron chi connectivity index (χ3n) is 6.83. The molecule has 2 heterocycles. The van der Waals surface area contributed by atoms with E-state index in [0.717, 1.165) is 12.8 Å². The van der Waals surface area contributed by atoms with Gasteiger partial charge in [0.05, 0.1) is 12.1 Å². The van der Waals surface area contributed by atoms with E-state index in [9.17, 15) is 36.6 Å². The molecule has 0 aliphatic carbocycles. The van der Waals surface area contributed by atoms with E-state index in [1.165, 1.54) is 0 Å². The van der Waals surface area contributed by atoms with E-state index < -0.39 is 48.9 Å². The third kappa shape index (κ3) is 8.25. The quantitative estimate of drug-likeness (QED) is 0.391. The molecule has 0 amide bonds. The lowest BCUT2D eigenvalue weighted by molar-refractivity contribution is -0.248. The van der Waals surface area contributed by atoms with E-state index in [1.807, 2.05) is 13.8 Å². The molecular formula is C28H36F6N2O4. The molecule has 6 nitrogen and oxygen atoms in total. The topological polar surface area (TPSA) is 65.4 Å². The fourth-order valence-electron chi connectivity index (χ4n) is 4.93. The zero-order valence-corrected chi connectivity index (χ0v) is 22.4. The molecule has 2 aliphatic heterocycles. The van der Waals surface area contributed by atoms with E-state index in [0.29, 0.717) is 37.7 Å². The Bertz CT molecular complexity index is 930. The Kier molecular flexibility index (Phi) is 11.1. The number of aliphatic hydroxyl groups is 2. The minimum atomic E-state index is -4.63. The molecule has 0 spiro atoms. The first-order valence-corrected chi connectivity index (χ1v) is 13.3. The lowest BCUT2D eigenvalue weighted by atomic mass is 9.92. The van der Waals surface area contributed by atoms with Crippen LogP contribution in [0.1, 0.15) is 26.7 Å². The number of hydrogen-bond acceptors (Lipinski definition) is 6. The summed E-state index contributed by atoms with van der Waals surface area (Å²) in [6.07, 6.45) is -13.8. The van der Waals surface area contributed by atoms with Crippen LogP contribution in [0.2, 0.25) is 0 Å². The SMILES string of the molecule is CCCN1C[C@H](Oc2ccccc2)[C@@H]1[C@H](O)C(F)(F)F.CCCN1C[C@H](Oc2ccccc2)[C@@H]1[C@H](O)C(F)(F)F. The van der Waals surface area contributed by atoms with Crippen LogP contribution in [-0.2, 0) is 0 Å². The molecule has 2 saturated heterocycles. The Morgan fingerprint density at radius 2 is 1.00 bits per heavy atom. The maximum atomic E-state index is 12.7. The van der Waals surface area contributed by atoms with Gasteiger partial charge in [0, 0.05) is 13.1 Å². The summed E-state index contributed by atoms with van der Waals surface area (Å²) in [4.78, 5) is 3.23. The van der Waals surface area contributed by atoms with Crippen molar-refractivity contribution in [2.75, 3.05) is 26.2 Å². The first-order valence-electron chi connectivity index (χ1n) is 13.3. The summed E-state index contributed by atoms with van der Waals surface area (Å²) in [7, 11) is 0. The molecule has 0 unspecified atom stereocenters. The lowest BCUT2D eigenvalue weighted by Gasteiger charge is -2.49. The third-order valence-corrected chi connectivity index (χ3v) is 6.83. The minimum absolute atomic E-state index is 0.403. The predicted octanol–water partition coefficient (Wildman–Crippen LogP) is 4.90. The van der Waals surface area contributed by atoms with Crippen molar-refractivity contribution >= 4 is 0 Å². The van der Waals surface area contributed by atoms with Crippen molar-refractivity contribution in [3.8, 4) is 11.5 Å². The molecule has 2 aliphatic rings. The summed E-state index contributed by atoms with van der Waals surface area (Å²) in [5.41, 5.74) is 0. The number of benzene rings is 2. The first kappa shape index (κ1) is 32.0. The van der Waals surface area contributed by atoms with Gasteiger partial charge in [-0.15, -0.1) is 0 Å². The first-order chi connectivity index (χ1) is 18.9. The van der Waals surface area contributed by atoms with Crippen LogP contribution in [0.4, 0.5) is 26.3 Å². The van der Waals surface area contributed by atoms with Gasteiger partial charge in [-0.25, -0.2) is 0 Å². The van der Waals surface area contributed by atoms with Gasteiger partial charge in [-0.05, 0) is 50.2 Å². The van der Waals surface area contributed by atoms with Gasteiger partial charge in [0.25, 0.3) is 0 Å². The summed E-state index contributed by atoms with van der Waals surface area (Å²) in [5.74, 6) is 1.04. The largest absolute Gasteiger partial charge is 0.487 e. The molecule has 2 fully saturated rings. The van der Waals surface area contributed by atoms with Gasteiger partial charge in [0.1, 0.15) is 23.7 Å². The Balaban J connectivity index is 0.000000220. The summed E-state index contributed by atoms with van der Waals surface area (Å²) in [6.45, 7) is 5.63. The predicted molar refractivity (Wildman–Crippen MR) is 137 cm³/mol. The van der Waals surface area contributed by atoms with Crippen molar-refractivity contribution in [2.45, 2.75) is 75.5 Å². The van der Waals surface area contributed by atoms with Crippen LogP contribution in [-0.4, -0.2) is 95.0 Å². The summed E-state index contributed by atoms with van der Waals surface area (Å²) < 4.78 is 87.4. The average molecular weight is 579 g/mol. The van der Waals surface area contributed by atoms with Crippen LogP contribution >= 0.6 is 0 Å². The molecule has 2 N–H and O–H groups in total. The number of nitrogens with zero attached hydrogens (tertiary/aromatic N) is 2. The van der Waals surface area contributed by atoms with E-state index in [1.54, 1.807) is 70.5 Å². The number of aliphatic hydroxyl groups excluding tert-OH is 2. The number of likely N-dealkylation sites (tertiary alicyclic amines) is 2. The van der Waals surface area contributed by atoms with Crippen LogP contribution in [0, 0.1) is 0 Å². The molecule has 40 heavy (non-hydrogen) atoms. The van der Waals surface area contributed by atoms with E-state index >= 15 is 0 Å². The van der Waals surface area contributed by atoms with E-state index in [-0.39, 0.29) is 0 Å². The molecule has 2 aromatic carbocycles. The number of halogens is 6. The fraction of sp³-hybridized carbons (Fsp3) is 0.571. The number of alkyl halides is 6. The van der Waals surface area contributed by atoms with Gasteiger partial charge in [-0.2, -0.15) is 26.3 Å². The average Bonchev–Trinajstić information content (AvgIpc) is 2.88. The van der Waals surface area contributed by atoms with Crippen LogP contribution in [0.15, 0.2) is 60.7 Å². The van der Waals surface area contributed by atoms with Gasteiger partial charge >= 0.3 is 12.4 Å². The molecule has 12 heteroatoms. The number of hydrogen-bond donors (Lipinski definition) is 2. The monoisotopic (exact) mass is 578 g/mol. The van der Waals surface area contributed by atoms with Crippen LogP contribution in [0.5, 0.6) is 11.5 Å². The van der Waals surface area contributed by atoms with Gasteiger partial charge in [0.2, 0.25) is 0 Å². The van der Waals surface area contributed by atoms with Crippen molar-refractivity contribution in [2.24, 2.45) is 0 Å². The van der Waals surface area contributed by atoms with Crippen LogP contribution < -0.4 is 9.47 Å². The zero-order valence-electron chi connectivity index (χ0n) is 22.4. The van der Waals surface area contributed by atoms with Gasteiger partial charge in [-0.3, -0.25) is 9.80 Å². The molecule has 0 saturated carbocycles. The van der Waals surface area contributed by atoms with Crippen molar-refractivity contribution in [1.29, 1.82) is 0 Å². The van der Waals surface area contributed by atoms with Crippen molar-refractivity contribution < 1.29 is 46.0 Å². The molecule has 0 aromatic heterocycles. The number of para-hydroxylation sites is 2. The Hall–Kier alpha value is -2.54. The van der Waals surface area contributed by atoms with E-state index in [2.05, 4.69) is 0 Å². The molecule has 2 aromatic rings. The van der Waals surface area contributed by atoms with Crippen LogP contribution in [0.3, 0.4) is 0 Å². The fourth-order valence-corrected chi connectivity index (χ4v) is 4.93. The van der Waals surface area contributed by atoms with E-state index in [4.69, 9.17) is 9.47 Å². The number of ether oxygens (including phenoxy) is 2. The summed E-state index contributed by atoms with van der Waals surface area (Å²) >= 11 is 0. The Morgan fingerprint density at radius 1 is 0.675 bits per heavy atom. The molecule has 224 valence electrons. The second kappa shape index (κ2) is 13.9. The molecule has 0 bridgehead atoms. The van der Waals surface area contributed by atoms with Gasteiger partial charge < -0.3 is 19.7 Å². The van der Waals surface area contributed by atoms with Gasteiger partial charge in [-0.1, -0.05) is 50.2 Å².